The molecular formula is C17H25N3O3S2. The molecule has 0 unspecified atom stereocenters. The third kappa shape index (κ3) is 6.05. The Morgan fingerprint density at radius 2 is 1.72 bits per heavy atom. The molecular weight excluding hydrogens is 358 g/mol. The van der Waals surface area contributed by atoms with E-state index in [9.17, 15) is 13.2 Å². The number of thiocarbonyl (C=S) groups is 1. The van der Waals surface area contributed by atoms with Crippen molar-refractivity contribution < 1.29 is 13.2 Å². The molecule has 1 saturated carbocycles. The highest BCUT2D eigenvalue weighted by molar-refractivity contribution is 7.89. The Morgan fingerprint density at radius 1 is 1.12 bits per heavy atom. The van der Waals surface area contributed by atoms with Crippen LogP contribution in [0.25, 0.3) is 0 Å². The highest BCUT2D eigenvalue weighted by Gasteiger charge is 2.21. The maximum atomic E-state index is 12.2. The molecule has 1 fully saturated rings. The van der Waals surface area contributed by atoms with Crippen LogP contribution in [0.1, 0.15) is 46.0 Å². The molecule has 0 aromatic heterocycles. The summed E-state index contributed by atoms with van der Waals surface area (Å²) in [6, 6.07) is 6.06. The molecule has 0 heterocycles. The van der Waals surface area contributed by atoms with Gasteiger partial charge in [-0.1, -0.05) is 19.3 Å². The number of sulfonamides is 1. The summed E-state index contributed by atoms with van der Waals surface area (Å²) in [4.78, 5) is 12.3. The maximum Gasteiger partial charge on any atom is 0.240 e. The van der Waals surface area contributed by atoms with Gasteiger partial charge in [-0.15, -0.1) is 0 Å². The quantitative estimate of drug-likeness (QED) is 0.681. The highest BCUT2D eigenvalue weighted by Crippen LogP contribution is 2.23. The normalized spacial score (nSPS) is 15.8. The lowest BCUT2D eigenvalue weighted by Gasteiger charge is -2.21. The third-order valence-electron chi connectivity index (χ3n) is 4.03. The number of carbonyl (C=O) groups excluding carboxylic acids is 1. The molecule has 1 aromatic rings. The molecule has 0 spiro atoms. The maximum absolute atomic E-state index is 12.2. The summed E-state index contributed by atoms with van der Waals surface area (Å²) in [5.41, 5.74) is 0.623. The lowest BCUT2D eigenvalue weighted by atomic mass is 9.89. The van der Waals surface area contributed by atoms with Gasteiger partial charge in [0, 0.05) is 17.6 Å². The summed E-state index contributed by atoms with van der Waals surface area (Å²) in [7, 11) is -3.52. The lowest BCUT2D eigenvalue weighted by Crippen LogP contribution is -2.39. The van der Waals surface area contributed by atoms with E-state index < -0.39 is 10.0 Å². The number of nitrogens with one attached hydrogen (secondary N) is 3. The fraction of sp³-hybridized carbons (Fsp3) is 0.529. The SMILES string of the molecule is CC(C)NS(=O)(=O)c1ccc(NC(=S)NC(=O)C2CCCCC2)cc1. The number of hydrogen-bond acceptors (Lipinski definition) is 4. The zero-order valence-electron chi connectivity index (χ0n) is 14.5. The minimum atomic E-state index is -3.52. The predicted molar refractivity (Wildman–Crippen MR) is 103 cm³/mol. The van der Waals surface area contributed by atoms with Crippen LogP contribution in [-0.2, 0) is 14.8 Å². The van der Waals surface area contributed by atoms with E-state index in [4.69, 9.17) is 12.2 Å². The molecule has 1 aliphatic rings. The van der Waals surface area contributed by atoms with Crippen molar-refractivity contribution in [2.75, 3.05) is 5.32 Å². The van der Waals surface area contributed by atoms with Crippen LogP contribution in [0, 0.1) is 5.92 Å². The summed E-state index contributed by atoms with van der Waals surface area (Å²) < 4.78 is 26.7. The summed E-state index contributed by atoms with van der Waals surface area (Å²) in [5.74, 6) is -0.0133. The molecule has 1 aromatic carbocycles. The van der Waals surface area contributed by atoms with Crippen molar-refractivity contribution >= 4 is 38.9 Å². The number of carbonyl (C=O) groups is 1. The topological polar surface area (TPSA) is 87.3 Å². The average Bonchev–Trinajstić information content (AvgIpc) is 2.55. The van der Waals surface area contributed by atoms with Gasteiger partial charge in [0.1, 0.15) is 0 Å². The van der Waals surface area contributed by atoms with E-state index >= 15 is 0 Å². The van der Waals surface area contributed by atoms with Gasteiger partial charge in [-0.3, -0.25) is 4.79 Å². The minimum absolute atomic E-state index is 0.0307. The van der Waals surface area contributed by atoms with Gasteiger partial charge < -0.3 is 10.6 Å². The van der Waals surface area contributed by atoms with E-state index in [1.54, 1.807) is 26.0 Å². The second-order valence-electron chi connectivity index (χ2n) is 6.58. The zero-order chi connectivity index (χ0) is 18.4. The molecule has 0 aliphatic heterocycles. The van der Waals surface area contributed by atoms with E-state index in [2.05, 4.69) is 15.4 Å². The molecule has 0 bridgehead atoms. The smallest absolute Gasteiger partial charge is 0.240 e. The first-order chi connectivity index (χ1) is 11.8. The second kappa shape index (κ2) is 8.73. The van der Waals surface area contributed by atoms with Gasteiger partial charge in [0.05, 0.1) is 4.90 Å². The van der Waals surface area contributed by atoms with Crippen LogP contribution in [0.2, 0.25) is 0 Å². The zero-order valence-corrected chi connectivity index (χ0v) is 16.2. The molecule has 8 heteroatoms. The predicted octanol–water partition coefficient (Wildman–Crippen LogP) is 2.77. The Kier molecular flexibility index (Phi) is 6.92. The monoisotopic (exact) mass is 383 g/mol. The number of hydrogen-bond donors (Lipinski definition) is 3. The van der Waals surface area contributed by atoms with Crippen molar-refractivity contribution in [1.82, 2.24) is 10.0 Å². The van der Waals surface area contributed by atoms with Gasteiger partial charge in [0.15, 0.2) is 5.11 Å². The number of benzene rings is 1. The first kappa shape index (κ1) is 19.8. The van der Waals surface area contributed by atoms with Gasteiger partial charge in [-0.05, 0) is 63.2 Å². The van der Waals surface area contributed by atoms with E-state index in [-0.39, 0.29) is 27.9 Å². The van der Waals surface area contributed by atoms with E-state index in [0.29, 0.717) is 5.69 Å². The molecule has 0 atom stereocenters. The Morgan fingerprint density at radius 3 is 2.28 bits per heavy atom. The molecule has 6 nitrogen and oxygen atoms in total. The first-order valence-corrected chi connectivity index (χ1v) is 10.4. The Bertz CT molecular complexity index is 709. The summed E-state index contributed by atoms with van der Waals surface area (Å²) in [6.07, 6.45) is 5.17. The number of rotatable bonds is 5. The Balaban J connectivity index is 1.92. The van der Waals surface area contributed by atoms with Crippen LogP contribution < -0.4 is 15.4 Å². The summed E-state index contributed by atoms with van der Waals surface area (Å²) in [5, 5.41) is 5.86. The molecule has 3 N–H and O–H groups in total. The van der Waals surface area contributed by atoms with Crippen LogP contribution >= 0.6 is 12.2 Å². The molecule has 1 amide bonds. The van der Waals surface area contributed by atoms with Gasteiger partial charge >= 0.3 is 0 Å². The summed E-state index contributed by atoms with van der Waals surface area (Å²) in [6.45, 7) is 3.53. The molecule has 138 valence electrons. The van der Waals surface area contributed by atoms with Gasteiger partial charge in [-0.2, -0.15) is 0 Å². The van der Waals surface area contributed by atoms with E-state index in [1.165, 1.54) is 18.6 Å². The number of anilines is 1. The minimum Gasteiger partial charge on any atom is -0.332 e. The van der Waals surface area contributed by atoms with Crippen molar-refractivity contribution in [3.8, 4) is 0 Å². The van der Waals surface area contributed by atoms with Crippen molar-refractivity contribution in [2.45, 2.75) is 56.9 Å². The van der Waals surface area contributed by atoms with Crippen LogP contribution in [0.15, 0.2) is 29.2 Å². The molecule has 0 radical (unpaired) electrons. The molecule has 25 heavy (non-hydrogen) atoms. The largest absolute Gasteiger partial charge is 0.332 e. The molecule has 1 aliphatic carbocycles. The fourth-order valence-electron chi connectivity index (χ4n) is 2.84. The molecule has 2 rings (SSSR count). The van der Waals surface area contributed by atoms with Crippen LogP contribution in [0.5, 0.6) is 0 Å². The van der Waals surface area contributed by atoms with Crippen LogP contribution in [0.4, 0.5) is 5.69 Å². The van der Waals surface area contributed by atoms with Crippen LogP contribution in [-0.4, -0.2) is 25.5 Å². The van der Waals surface area contributed by atoms with Crippen molar-refractivity contribution in [1.29, 1.82) is 0 Å². The summed E-state index contributed by atoms with van der Waals surface area (Å²) >= 11 is 5.17. The van der Waals surface area contributed by atoms with Crippen molar-refractivity contribution in [2.24, 2.45) is 5.92 Å². The second-order valence-corrected chi connectivity index (χ2v) is 8.70. The Labute approximate surface area is 154 Å². The van der Waals surface area contributed by atoms with Gasteiger partial charge in [0.25, 0.3) is 0 Å². The lowest BCUT2D eigenvalue weighted by molar-refractivity contribution is -0.124. The molecule has 0 saturated heterocycles. The van der Waals surface area contributed by atoms with E-state index in [1.807, 2.05) is 0 Å². The average molecular weight is 384 g/mol. The third-order valence-corrected chi connectivity index (χ3v) is 5.90. The van der Waals surface area contributed by atoms with Crippen molar-refractivity contribution in [3.63, 3.8) is 0 Å². The standard InChI is InChI=1S/C17H25N3O3S2/c1-12(2)20-25(22,23)15-10-8-14(9-11-15)18-17(24)19-16(21)13-6-4-3-5-7-13/h8-13,20H,3-7H2,1-2H3,(H2,18,19,21,24). The van der Waals surface area contributed by atoms with E-state index in [0.717, 1.165) is 25.7 Å². The van der Waals surface area contributed by atoms with Crippen LogP contribution in [0.3, 0.4) is 0 Å². The van der Waals surface area contributed by atoms with Gasteiger partial charge in [-0.25, -0.2) is 13.1 Å². The Hall–Kier alpha value is -1.51. The van der Waals surface area contributed by atoms with Crippen molar-refractivity contribution in [3.05, 3.63) is 24.3 Å². The fourth-order valence-corrected chi connectivity index (χ4v) is 4.31. The first-order valence-electron chi connectivity index (χ1n) is 8.52. The van der Waals surface area contributed by atoms with Gasteiger partial charge in [0.2, 0.25) is 15.9 Å². The number of amides is 1. The highest BCUT2D eigenvalue weighted by atomic mass is 32.2.